The predicted octanol–water partition coefficient (Wildman–Crippen LogP) is 5.81. The molecule has 0 saturated carbocycles. The van der Waals surface area contributed by atoms with E-state index in [1.54, 1.807) is 6.07 Å². The van der Waals surface area contributed by atoms with Gasteiger partial charge in [-0.3, -0.25) is 0 Å². The zero-order valence-corrected chi connectivity index (χ0v) is 15.7. The number of aryl methyl sites for hydroxylation is 1. The van der Waals surface area contributed by atoms with Crippen LogP contribution in [-0.2, 0) is 0 Å². The number of aromatic nitrogens is 1. The van der Waals surface area contributed by atoms with Crippen molar-refractivity contribution in [2.75, 3.05) is 5.32 Å². The number of hydrogen-bond donors (Lipinski definition) is 2. The number of aromatic hydroxyl groups is 1. The number of phenolic OH excluding ortho intramolecular Hbond substituents is 1. The highest BCUT2D eigenvalue weighted by atomic mass is 79.9. The lowest BCUT2D eigenvalue weighted by Crippen LogP contribution is -2.13. The van der Waals surface area contributed by atoms with Crippen molar-refractivity contribution in [2.24, 2.45) is 0 Å². The highest BCUT2D eigenvalue weighted by Crippen LogP contribution is 2.38. The molecule has 2 N–H and O–H groups in total. The highest BCUT2D eigenvalue weighted by molar-refractivity contribution is 9.10. The minimum Gasteiger partial charge on any atom is -0.508 e. The Hall–Kier alpha value is -2.79. The third-order valence-electron chi connectivity index (χ3n) is 4.36. The Bertz CT molecular complexity index is 1060. The first-order valence-corrected chi connectivity index (χ1v) is 9.07. The Balaban J connectivity index is 1.90. The average Bonchev–Trinajstić information content (AvgIpc) is 3.06. The molecule has 0 saturated heterocycles. The molecule has 26 heavy (non-hydrogen) atoms. The lowest BCUT2D eigenvalue weighted by atomic mass is 9.92. The zero-order chi connectivity index (χ0) is 18.1. The number of halogens is 1. The van der Waals surface area contributed by atoms with Crippen LogP contribution in [0.15, 0.2) is 75.7 Å². The van der Waals surface area contributed by atoms with Gasteiger partial charge in [-0.15, -0.1) is 0 Å². The van der Waals surface area contributed by atoms with Gasteiger partial charge in [0.1, 0.15) is 11.5 Å². The van der Waals surface area contributed by atoms with Crippen LogP contribution in [0.4, 0.5) is 5.82 Å². The zero-order valence-electron chi connectivity index (χ0n) is 14.1. The number of anilines is 1. The minimum atomic E-state index is -0.279. The van der Waals surface area contributed by atoms with Crippen molar-refractivity contribution < 1.29 is 9.63 Å². The van der Waals surface area contributed by atoms with E-state index in [1.165, 1.54) is 0 Å². The Labute approximate surface area is 159 Å². The summed E-state index contributed by atoms with van der Waals surface area (Å²) in [6, 6.07) is 21.3. The topological polar surface area (TPSA) is 58.3 Å². The van der Waals surface area contributed by atoms with Gasteiger partial charge in [-0.2, -0.15) is 0 Å². The van der Waals surface area contributed by atoms with Crippen LogP contribution >= 0.6 is 15.9 Å². The van der Waals surface area contributed by atoms with Crippen LogP contribution in [0.2, 0.25) is 0 Å². The summed E-state index contributed by atoms with van der Waals surface area (Å²) in [6.45, 7) is 1.85. The maximum Gasteiger partial charge on any atom is 0.170 e. The molecule has 0 spiro atoms. The van der Waals surface area contributed by atoms with Crippen molar-refractivity contribution in [3.05, 3.63) is 88.1 Å². The van der Waals surface area contributed by atoms with Gasteiger partial charge in [0.15, 0.2) is 5.82 Å². The summed E-state index contributed by atoms with van der Waals surface area (Å²) in [5.74, 6) is 1.59. The molecule has 1 heterocycles. The maximum absolute atomic E-state index is 10.7. The van der Waals surface area contributed by atoms with E-state index >= 15 is 0 Å². The number of rotatable bonds is 4. The maximum atomic E-state index is 10.7. The molecule has 0 amide bonds. The van der Waals surface area contributed by atoms with Gasteiger partial charge in [0.25, 0.3) is 0 Å². The van der Waals surface area contributed by atoms with Crippen molar-refractivity contribution in [2.45, 2.75) is 13.0 Å². The lowest BCUT2D eigenvalue weighted by Gasteiger charge is -2.22. The third-order valence-corrected chi connectivity index (χ3v) is 4.89. The number of nitrogens with one attached hydrogen (secondary N) is 1. The van der Waals surface area contributed by atoms with Crippen LogP contribution < -0.4 is 5.32 Å². The number of phenols is 1. The number of hydrogen-bond acceptors (Lipinski definition) is 4. The second kappa shape index (κ2) is 6.84. The molecule has 3 aromatic carbocycles. The normalized spacial score (nSPS) is 12.2. The predicted molar refractivity (Wildman–Crippen MR) is 106 cm³/mol. The number of benzene rings is 3. The van der Waals surface area contributed by atoms with Gasteiger partial charge in [-0.05, 0) is 41.5 Å². The monoisotopic (exact) mass is 408 g/mol. The lowest BCUT2D eigenvalue weighted by molar-refractivity contribution is 0.399. The Morgan fingerprint density at radius 3 is 2.54 bits per heavy atom. The van der Waals surface area contributed by atoms with E-state index in [0.29, 0.717) is 5.82 Å². The van der Waals surface area contributed by atoms with Crippen molar-refractivity contribution in [3.8, 4) is 5.75 Å². The van der Waals surface area contributed by atoms with Crippen molar-refractivity contribution in [3.63, 3.8) is 0 Å². The Kier molecular flexibility index (Phi) is 4.39. The first kappa shape index (κ1) is 16.7. The van der Waals surface area contributed by atoms with Gasteiger partial charge in [-0.25, -0.2) is 0 Å². The van der Waals surface area contributed by atoms with Crippen LogP contribution in [0.25, 0.3) is 10.8 Å². The van der Waals surface area contributed by atoms with Gasteiger partial charge in [0.2, 0.25) is 0 Å². The van der Waals surface area contributed by atoms with E-state index in [-0.39, 0.29) is 11.8 Å². The summed E-state index contributed by atoms with van der Waals surface area (Å²) in [5, 5.41) is 20.2. The summed E-state index contributed by atoms with van der Waals surface area (Å²) in [5.41, 5.74) is 1.83. The summed E-state index contributed by atoms with van der Waals surface area (Å²) in [4.78, 5) is 0. The standard InChI is InChI=1S/C21H17BrN2O2/c1-13-12-19(24-26-13)23-21(15-6-9-16(22)10-7-15)20-17-5-3-2-4-14(17)8-11-18(20)25/h2-12,21,25H,1H3,(H,23,24). The molecule has 0 radical (unpaired) electrons. The first-order valence-electron chi connectivity index (χ1n) is 8.28. The van der Waals surface area contributed by atoms with E-state index in [1.807, 2.05) is 67.6 Å². The molecule has 0 aliphatic carbocycles. The molecule has 1 aromatic heterocycles. The molecule has 5 heteroatoms. The fourth-order valence-corrected chi connectivity index (χ4v) is 3.41. The Morgan fingerprint density at radius 1 is 1.04 bits per heavy atom. The van der Waals surface area contributed by atoms with Gasteiger partial charge in [0.05, 0.1) is 6.04 Å². The van der Waals surface area contributed by atoms with Crippen molar-refractivity contribution in [1.82, 2.24) is 5.16 Å². The molecular weight excluding hydrogens is 392 g/mol. The van der Waals surface area contributed by atoms with Crippen molar-refractivity contribution >= 4 is 32.5 Å². The van der Waals surface area contributed by atoms with E-state index in [2.05, 4.69) is 26.4 Å². The average molecular weight is 409 g/mol. The van der Waals surface area contributed by atoms with Crippen LogP contribution in [0.5, 0.6) is 5.75 Å². The van der Waals surface area contributed by atoms with Crippen LogP contribution in [0.3, 0.4) is 0 Å². The van der Waals surface area contributed by atoms with Crippen LogP contribution in [0.1, 0.15) is 22.9 Å². The second-order valence-corrected chi connectivity index (χ2v) is 7.09. The quantitative estimate of drug-likeness (QED) is 0.447. The highest BCUT2D eigenvalue weighted by Gasteiger charge is 2.21. The second-order valence-electron chi connectivity index (χ2n) is 6.17. The smallest absolute Gasteiger partial charge is 0.170 e. The largest absolute Gasteiger partial charge is 0.508 e. The first-order chi connectivity index (χ1) is 12.6. The molecule has 130 valence electrons. The summed E-state index contributed by atoms with van der Waals surface area (Å²) in [7, 11) is 0. The molecular formula is C21H17BrN2O2. The van der Waals surface area contributed by atoms with E-state index in [0.717, 1.165) is 32.1 Å². The van der Waals surface area contributed by atoms with E-state index in [4.69, 9.17) is 4.52 Å². The molecule has 0 aliphatic rings. The van der Waals surface area contributed by atoms with Gasteiger partial charge in [0, 0.05) is 16.1 Å². The van der Waals surface area contributed by atoms with Crippen molar-refractivity contribution in [1.29, 1.82) is 0 Å². The fraction of sp³-hybridized carbons (Fsp3) is 0.0952. The molecule has 4 nitrogen and oxygen atoms in total. The molecule has 0 bridgehead atoms. The van der Waals surface area contributed by atoms with Gasteiger partial charge >= 0.3 is 0 Å². The molecule has 4 rings (SSSR count). The van der Waals surface area contributed by atoms with Gasteiger partial charge < -0.3 is 14.9 Å². The van der Waals surface area contributed by atoms with Gasteiger partial charge in [-0.1, -0.05) is 63.6 Å². The summed E-state index contributed by atoms with van der Waals surface area (Å²) in [6.07, 6.45) is 0. The SMILES string of the molecule is Cc1cc(NC(c2ccc(Br)cc2)c2c(O)ccc3ccccc23)no1. The summed E-state index contributed by atoms with van der Waals surface area (Å²) >= 11 is 3.48. The van der Waals surface area contributed by atoms with Crippen LogP contribution in [-0.4, -0.2) is 10.3 Å². The number of fused-ring (bicyclic) bond motifs is 1. The molecule has 1 unspecified atom stereocenters. The molecule has 0 aliphatic heterocycles. The Morgan fingerprint density at radius 2 is 1.81 bits per heavy atom. The minimum absolute atomic E-state index is 0.240. The molecule has 0 fully saturated rings. The fourth-order valence-electron chi connectivity index (χ4n) is 3.15. The number of nitrogens with zero attached hydrogens (tertiary/aromatic N) is 1. The summed E-state index contributed by atoms with van der Waals surface area (Å²) < 4.78 is 6.19. The van der Waals surface area contributed by atoms with Crippen LogP contribution in [0, 0.1) is 6.92 Å². The van der Waals surface area contributed by atoms with E-state index < -0.39 is 0 Å². The third kappa shape index (κ3) is 3.18. The molecule has 4 aromatic rings. The molecule has 1 atom stereocenters. The van der Waals surface area contributed by atoms with E-state index in [9.17, 15) is 5.11 Å².